The Balaban J connectivity index is 2.09. The van der Waals surface area contributed by atoms with Gasteiger partial charge in [0.25, 0.3) is 0 Å². The van der Waals surface area contributed by atoms with Crippen LogP contribution in [-0.2, 0) is 6.42 Å². The number of benzene rings is 2. The third-order valence-electron chi connectivity index (χ3n) is 3.09. The zero-order valence-corrected chi connectivity index (χ0v) is 11.7. The summed E-state index contributed by atoms with van der Waals surface area (Å²) in [7, 11) is 0. The Kier molecular flexibility index (Phi) is 3.43. The van der Waals surface area contributed by atoms with E-state index >= 15 is 0 Å². The molecule has 0 aliphatic rings. The fraction of sp³-hybridized carbons (Fsp3) is 0.118. The van der Waals surface area contributed by atoms with Crippen molar-refractivity contribution in [2.75, 3.05) is 0 Å². The minimum Gasteiger partial charge on any atom is -0.236 e. The van der Waals surface area contributed by atoms with Crippen LogP contribution in [0.1, 0.15) is 11.8 Å². The van der Waals surface area contributed by atoms with Crippen molar-refractivity contribution in [3.05, 3.63) is 65.5 Å². The number of aryl methyl sites for hydroxylation is 1. The van der Waals surface area contributed by atoms with E-state index in [0.717, 1.165) is 17.1 Å². The Hall–Kier alpha value is -1.93. The first-order valence-corrected chi connectivity index (χ1v) is 7.30. The van der Waals surface area contributed by atoms with Gasteiger partial charge in [-0.25, -0.2) is 4.98 Å². The number of hydrogen-bond acceptors (Lipinski definition) is 2. The zero-order chi connectivity index (χ0) is 13.1. The lowest BCUT2D eigenvalue weighted by atomic mass is 10.1. The molecule has 0 aliphatic carbocycles. The average molecular weight is 265 g/mol. The van der Waals surface area contributed by atoms with E-state index in [1.165, 1.54) is 16.0 Å². The highest BCUT2D eigenvalue weighted by Gasteiger charge is 2.12. The third-order valence-corrected chi connectivity index (χ3v) is 4.34. The van der Waals surface area contributed by atoms with E-state index in [1.807, 2.05) is 12.1 Å². The topological polar surface area (TPSA) is 12.9 Å². The fourth-order valence-corrected chi connectivity index (χ4v) is 3.15. The minimum absolute atomic E-state index is 1.02. The van der Waals surface area contributed by atoms with E-state index in [4.69, 9.17) is 4.98 Å². The lowest BCUT2D eigenvalue weighted by Gasteiger charge is -1.98. The molecule has 1 heterocycles. The highest BCUT2D eigenvalue weighted by atomic mass is 32.1. The first-order chi connectivity index (χ1) is 9.38. The first kappa shape index (κ1) is 12.1. The summed E-state index contributed by atoms with van der Waals surface area (Å²) in [6.45, 7) is 2.19. The molecule has 2 aromatic carbocycles. The summed E-state index contributed by atoms with van der Waals surface area (Å²) in [5, 5.41) is 1.11. The third kappa shape index (κ3) is 2.45. The van der Waals surface area contributed by atoms with Gasteiger partial charge in [-0.2, -0.15) is 0 Å². The van der Waals surface area contributed by atoms with Gasteiger partial charge in [0.05, 0.1) is 5.69 Å². The van der Waals surface area contributed by atoms with Gasteiger partial charge in [-0.05, 0) is 6.42 Å². The number of thiazole rings is 1. The van der Waals surface area contributed by atoms with Crippen LogP contribution in [0.5, 0.6) is 0 Å². The molecule has 94 valence electrons. The van der Waals surface area contributed by atoms with E-state index in [0.29, 0.717) is 0 Å². The van der Waals surface area contributed by atoms with Crippen LogP contribution < -0.4 is 0 Å². The summed E-state index contributed by atoms with van der Waals surface area (Å²) in [5.41, 5.74) is 3.54. The molecule has 0 spiro atoms. The highest BCUT2D eigenvalue weighted by Crippen LogP contribution is 2.33. The molecule has 0 N–H and O–H groups in total. The van der Waals surface area contributed by atoms with Crippen molar-refractivity contribution in [1.29, 1.82) is 0 Å². The summed E-state index contributed by atoms with van der Waals surface area (Å²) in [4.78, 5) is 6.19. The smallest absolute Gasteiger partial charge is 0.124 e. The highest BCUT2D eigenvalue weighted by molar-refractivity contribution is 7.15. The normalized spacial score (nSPS) is 10.6. The summed E-state index contributed by atoms with van der Waals surface area (Å²) >= 11 is 1.80. The average Bonchev–Trinajstić information content (AvgIpc) is 2.93. The maximum atomic E-state index is 4.84. The van der Waals surface area contributed by atoms with Crippen LogP contribution in [0.3, 0.4) is 0 Å². The summed E-state index contributed by atoms with van der Waals surface area (Å²) < 4.78 is 0. The standard InChI is InChI=1S/C17H15NS/c1-2-15-16(13-9-5-3-6-10-13)18-17(19-15)14-11-7-4-8-12-14/h3-12H,2H2,1H3. The predicted octanol–water partition coefficient (Wildman–Crippen LogP) is 5.04. The molecule has 0 atom stereocenters. The molecule has 0 unspecified atom stereocenters. The van der Waals surface area contributed by atoms with Crippen molar-refractivity contribution < 1.29 is 0 Å². The SMILES string of the molecule is CCc1sc(-c2ccccc2)nc1-c1ccccc1. The Bertz CT molecular complexity index is 656. The number of aromatic nitrogens is 1. The van der Waals surface area contributed by atoms with Crippen molar-refractivity contribution in [2.24, 2.45) is 0 Å². The molecule has 0 fully saturated rings. The summed E-state index contributed by atoms with van der Waals surface area (Å²) in [6.07, 6.45) is 1.02. The van der Waals surface area contributed by atoms with Gasteiger partial charge in [0, 0.05) is 16.0 Å². The van der Waals surface area contributed by atoms with Gasteiger partial charge in [-0.15, -0.1) is 11.3 Å². The number of rotatable bonds is 3. The van der Waals surface area contributed by atoms with E-state index in [-0.39, 0.29) is 0 Å². The Morgan fingerprint density at radius 1 is 0.842 bits per heavy atom. The minimum atomic E-state index is 1.02. The molecule has 0 bridgehead atoms. The first-order valence-electron chi connectivity index (χ1n) is 6.49. The van der Waals surface area contributed by atoms with E-state index in [1.54, 1.807) is 11.3 Å². The van der Waals surface area contributed by atoms with E-state index in [9.17, 15) is 0 Å². The van der Waals surface area contributed by atoms with Crippen LogP contribution in [0, 0.1) is 0 Å². The van der Waals surface area contributed by atoms with Gasteiger partial charge in [0.1, 0.15) is 5.01 Å². The molecule has 2 heteroatoms. The molecule has 1 nitrogen and oxygen atoms in total. The van der Waals surface area contributed by atoms with E-state index < -0.39 is 0 Å². The molecule has 19 heavy (non-hydrogen) atoms. The molecule has 0 amide bonds. The largest absolute Gasteiger partial charge is 0.236 e. The van der Waals surface area contributed by atoms with Crippen LogP contribution in [-0.4, -0.2) is 4.98 Å². The summed E-state index contributed by atoms with van der Waals surface area (Å²) in [5.74, 6) is 0. The quantitative estimate of drug-likeness (QED) is 0.646. The van der Waals surface area contributed by atoms with Crippen molar-refractivity contribution in [3.8, 4) is 21.8 Å². The number of hydrogen-bond donors (Lipinski definition) is 0. The second-order valence-electron chi connectivity index (χ2n) is 4.38. The van der Waals surface area contributed by atoms with Crippen molar-refractivity contribution in [1.82, 2.24) is 4.98 Å². The number of nitrogens with zero attached hydrogens (tertiary/aromatic N) is 1. The zero-order valence-electron chi connectivity index (χ0n) is 10.8. The monoisotopic (exact) mass is 265 g/mol. The molecule has 0 saturated carbocycles. The maximum absolute atomic E-state index is 4.84. The Morgan fingerprint density at radius 3 is 2.00 bits per heavy atom. The predicted molar refractivity (Wildman–Crippen MR) is 82.4 cm³/mol. The maximum Gasteiger partial charge on any atom is 0.124 e. The molecule has 0 saturated heterocycles. The Morgan fingerprint density at radius 2 is 1.42 bits per heavy atom. The van der Waals surface area contributed by atoms with Gasteiger partial charge in [-0.3, -0.25) is 0 Å². The van der Waals surface area contributed by atoms with Crippen LogP contribution in [0.4, 0.5) is 0 Å². The van der Waals surface area contributed by atoms with Crippen LogP contribution in [0.25, 0.3) is 21.8 Å². The van der Waals surface area contributed by atoms with Gasteiger partial charge < -0.3 is 0 Å². The second-order valence-corrected chi connectivity index (χ2v) is 5.46. The van der Waals surface area contributed by atoms with Crippen molar-refractivity contribution in [3.63, 3.8) is 0 Å². The molecular formula is C17H15NS. The van der Waals surface area contributed by atoms with Crippen LogP contribution >= 0.6 is 11.3 Å². The van der Waals surface area contributed by atoms with E-state index in [2.05, 4.69) is 55.5 Å². The van der Waals surface area contributed by atoms with Gasteiger partial charge >= 0.3 is 0 Å². The lowest BCUT2D eigenvalue weighted by Crippen LogP contribution is -1.83. The molecule has 3 aromatic rings. The van der Waals surface area contributed by atoms with Crippen LogP contribution in [0.2, 0.25) is 0 Å². The van der Waals surface area contributed by atoms with Crippen LogP contribution in [0.15, 0.2) is 60.7 Å². The fourth-order valence-electron chi connectivity index (χ4n) is 2.12. The van der Waals surface area contributed by atoms with Crippen molar-refractivity contribution in [2.45, 2.75) is 13.3 Å². The van der Waals surface area contributed by atoms with Gasteiger partial charge in [0.15, 0.2) is 0 Å². The van der Waals surface area contributed by atoms with Crippen molar-refractivity contribution >= 4 is 11.3 Å². The lowest BCUT2D eigenvalue weighted by molar-refractivity contribution is 1.17. The molecule has 0 radical (unpaired) electrons. The molecule has 0 aliphatic heterocycles. The summed E-state index contributed by atoms with van der Waals surface area (Å²) in [6, 6.07) is 20.8. The van der Waals surface area contributed by atoms with Gasteiger partial charge in [0.2, 0.25) is 0 Å². The Labute approximate surface area is 117 Å². The second kappa shape index (κ2) is 5.37. The molecule has 3 rings (SSSR count). The van der Waals surface area contributed by atoms with Gasteiger partial charge in [-0.1, -0.05) is 67.6 Å². The molecular weight excluding hydrogens is 250 g/mol. The molecule has 1 aromatic heterocycles.